The molecule has 0 aliphatic carbocycles. The summed E-state index contributed by atoms with van der Waals surface area (Å²) in [6.45, 7) is 15.7. The third-order valence-corrected chi connectivity index (χ3v) is 7.04. The monoisotopic (exact) mass is 391 g/mol. The van der Waals surface area contributed by atoms with E-state index >= 15 is 0 Å². The molecule has 4 nitrogen and oxygen atoms in total. The van der Waals surface area contributed by atoms with Gasteiger partial charge in [0.15, 0.2) is 0 Å². The smallest absolute Gasteiger partial charge is 0.315 e. The van der Waals surface area contributed by atoms with E-state index in [4.69, 9.17) is 9.05 Å². The first kappa shape index (κ1) is 22.3. The maximum atomic E-state index is 13.7. The fraction of sp³-hybridized carbons (Fsp3) is 0.545. The number of hydrogen-bond acceptors (Lipinski definition) is 4. The highest BCUT2D eigenvalue weighted by Gasteiger charge is 2.52. The number of allylic oxidation sites excluding steroid dienone is 2. The van der Waals surface area contributed by atoms with Crippen LogP contribution in [0.1, 0.15) is 53.0 Å². The van der Waals surface area contributed by atoms with Crippen molar-refractivity contribution in [2.75, 3.05) is 13.2 Å². The van der Waals surface area contributed by atoms with E-state index in [1.165, 1.54) is 5.57 Å². The summed E-state index contributed by atoms with van der Waals surface area (Å²) >= 11 is 0. The van der Waals surface area contributed by atoms with Gasteiger partial charge in [0.25, 0.3) is 0 Å². The van der Waals surface area contributed by atoms with Gasteiger partial charge in [-0.25, -0.2) is 0 Å². The van der Waals surface area contributed by atoms with Gasteiger partial charge in [-0.05, 0) is 39.2 Å². The molecule has 5 heteroatoms. The van der Waals surface area contributed by atoms with Crippen molar-refractivity contribution in [2.24, 2.45) is 5.41 Å². The molecule has 0 spiro atoms. The highest BCUT2D eigenvalue weighted by Crippen LogP contribution is 2.63. The Labute approximate surface area is 165 Å². The van der Waals surface area contributed by atoms with Gasteiger partial charge in [0.1, 0.15) is 13.2 Å². The van der Waals surface area contributed by atoms with Gasteiger partial charge in [-0.2, -0.15) is 9.05 Å². The van der Waals surface area contributed by atoms with Crippen molar-refractivity contribution in [1.82, 2.24) is 4.67 Å². The Morgan fingerprint density at radius 1 is 1.26 bits per heavy atom. The predicted octanol–water partition coefficient (Wildman–Crippen LogP) is 5.29. The summed E-state index contributed by atoms with van der Waals surface area (Å²) < 4.78 is 13.7. The average molecular weight is 391 g/mol. The fourth-order valence-electron chi connectivity index (χ4n) is 3.02. The number of nitrogens with zero attached hydrogens (tertiary/aromatic N) is 1. The molecule has 0 radical (unpaired) electrons. The largest absolute Gasteiger partial charge is 0.616 e. The Morgan fingerprint density at radius 3 is 2.37 bits per heavy atom. The molecule has 27 heavy (non-hydrogen) atoms. The zero-order valence-electron chi connectivity index (χ0n) is 17.4. The summed E-state index contributed by atoms with van der Waals surface area (Å²) in [5.74, 6) is 0. The molecular formula is C22H34NO3P. The van der Waals surface area contributed by atoms with Crippen molar-refractivity contribution in [1.29, 1.82) is 0 Å². The van der Waals surface area contributed by atoms with Crippen LogP contribution in [0.4, 0.5) is 0 Å². The molecule has 1 heterocycles. The molecule has 0 saturated carbocycles. The molecular weight excluding hydrogens is 357 g/mol. The van der Waals surface area contributed by atoms with Crippen LogP contribution >= 0.6 is 8.09 Å². The molecule has 1 fully saturated rings. The van der Waals surface area contributed by atoms with Crippen LogP contribution in [-0.2, 0) is 15.6 Å². The first-order valence-corrected chi connectivity index (χ1v) is 11.1. The van der Waals surface area contributed by atoms with Crippen LogP contribution < -0.4 is 4.89 Å². The third-order valence-electron chi connectivity index (χ3n) is 4.94. The molecule has 1 aliphatic heterocycles. The Kier molecular flexibility index (Phi) is 7.40. The van der Waals surface area contributed by atoms with E-state index in [9.17, 15) is 4.89 Å². The molecule has 2 rings (SSSR count). The van der Waals surface area contributed by atoms with Crippen molar-refractivity contribution >= 4 is 8.09 Å². The summed E-state index contributed by atoms with van der Waals surface area (Å²) in [4.78, 5) is 13.7. The van der Waals surface area contributed by atoms with E-state index < -0.39 is 13.6 Å². The van der Waals surface area contributed by atoms with E-state index in [1.807, 2.05) is 41.1 Å². The number of hydrogen-bond donors (Lipinski definition) is 0. The molecule has 0 aromatic heterocycles. The van der Waals surface area contributed by atoms with Crippen molar-refractivity contribution in [3.05, 3.63) is 60.2 Å². The molecule has 1 saturated heterocycles. The SMILES string of the molecule is C=CC(C)(CCC=C(C)C)N(Cc1ccccc1)[P+]1([O-])OCC(C)(C)CO1. The van der Waals surface area contributed by atoms with Gasteiger partial charge in [0.05, 0.1) is 12.1 Å². The topological polar surface area (TPSA) is 44.8 Å². The van der Waals surface area contributed by atoms with Crippen molar-refractivity contribution in [3.8, 4) is 0 Å². The minimum absolute atomic E-state index is 0.140. The predicted molar refractivity (Wildman–Crippen MR) is 112 cm³/mol. The lowest BCUT2D eigenvalue weighted by atomic mass is 9.94. The van der Waals surface area contributed by atoms with Gasteiger partial charge in [-0.15, -0.1) is 11.2 Å². The second-order valence-electron chi connectivity index (χ2n) is 8.60. The molecule has 1 unspecified atom stereocenters. The fourth-order valence-corrected chi connectivity index (χ4v) is 5.48. The van der Waals surface area contributed by atoms with Gasteiger partial charge in [0.2, 0.25) is 0 Å². The van der Waals surface area contributed by atoms with Crippen LogP contribution in [0.15, 0.2) is 54.6 Å². The normalized spacial score (nSPS) is 20.7. The molecule has 1 aliphatic rings. The minimum atomic E-state index is -3.43. The molecule has 150 valence electrons. The maximum Gasteiger partial charge on any atom is 0.315 e. The van der Waals surface area contributed by atoms with Crippen LogP contribution in [0.5, 0.6) is 0 Å². The van der Waals surface area contributed by atoms with Crippen molar-refractivity contribution in [3.63, 3.8) is 0 Å². The van der Waals surface area contributed by atoms with Crippen LogP contribution in [0.3, 0.4) is 0 Å². The molecule has 1 aromatic rings. The lowest BCUT2D eigenvalue weighted by molar-refractivity contribution is -0.254. The summed E-state index contributed by atoms with van der Waals surface area (Å²) in [5, 5.41) is 0. The van der Waals surface area contributed by atoms with E-state index in [-0.39, 0.29) is 5.41 Å². The van der Waals surface area contributed by atoms with Gasteiger partial charge in [-0.3, -0.25) is 0 Å². The van der Waals surface area contributed by atoms with E-state index in [0.29, 0.717) is 19.8 Å². The van der Waals surface area contributed by atoms with Crippen molar-refractivity contribution in [2.45, 2.75) is 59.5 Å². The van der Waals surface area contributed by atoms with Crippen LogP contribution in [0.2, 0.25) is 0 Å². The second-order valence-corrected chi connectivity index (χ2v) is 10.5. The highest BCUT2D eigenvalue weighted by atomic mass is 31.2. The molecule has 1 atom stereocenters. The highest BCUT2D eigenvalue weighted by molar-refractivity contribution is 7.56. The summed E-state index contributed by atoms with van der Waals surface area (Å²) in [6, 6.07) is 10.0. The minimum Gasteiger partial charge on any atom is -0.616 e. The van der Waals surface area contributed by atoms with Gasteiger partial charge < -0.3 is 4.89 Å². The van der Waals surface area contributed by atoms with Gasteiger partial charge in [-0.1, -0.05) is 61.9 Å². The molecule has 0 amide bonds. The summed E-state index contributed by atoms with van der Waals surface area (Å²) in [6.07, 6.45) is 5.74. The first-order chi connectivity index (χ1) is 12.6. The Hall–Kier alpha value is -1.03. The number of benzene rings is 1. The standard InChI is InChI=1S/C22H34NO3P/c1-7-22(6,15-11-12-19(2)3)23(16-20-13-9-8-10-14-20)27(24)25-17-21(4,5)18-26-27/h7-10,12-14H,1,11,15-18H2,2-6H3. The third kappa shape index (κ3) is 5.97. The maximum absolute atomic E-state index is 13.7. The zero-order chi connectivity index (χ0) is 20.1. The van der Waals surface area contributed by atoms with Crippen molar-refractivity contribution < 1.29 is 13.9 Å². The summed E-state index contributed by atoms with van der Waals surface area (Å²) in [5.41, 5.74) is 1.69. The zero-order valence-corrected chi connectivity index (χ0v) is 18.3. The lowest BCUT2D eigenvalue weighted by Gasteiger charge is -2.48. The van der Waals surface area contributed by atoms with Gasteiger partial charge >= 0.3 is 8.09 Å². The lowest BCUT2D eigenvalue weighted by Crippen LogP contribution is -2.51. The Bertz CT molecular complexity index is 645. The first-order valence-electron chi connectivity index (χ1n) is 9.58. The van der Waals surface area contributed by atoms with Crippen LogP contribution in [-0.4, -0.2) is 23.4 Å². The number of rotatable bonds is 8. The molecule has 0 bridgehead atoms. The Morgan fingerprint density at radius 2 is 1.85 bits per heavy atom. The van der Waals surface area contributed by atoms with Crippen LogP contribution in [0, 0.1) is 5.41 Å². The average Bonchev–Trinajstić information content (AvgIpc) is 2.63. The van der Waals surface area contributed by atoms with Gasteiger partial charge in [0, 0.05) is 5.41 Å². The van der Waals surface area contributed by atoms with Crippen LogP contribution in [0.25, 0.3) is 0 Å². The second kappa shape index (κ2) is 8.98. The van der Waals surface area contributed by atoms with E-state index in [2.05, 4.69) is 47.3 Å². The quantitative estimate of drug-likeness (QED) is 0.446. The van der Waals surface area contributed by atoms with E-state index in [1.54, 1.807) is 0 Å². The molecule has 0 N–H and O–H groups in total. The molecule has 1 aromatic carbocycles. The summed E-state index contributed by atoms with van der Waals surface area (Å²) in [7, 11) is -3.43. The van der Waals surface area contributed by atoms with E-state index in [0.717, 1.165) is 18.4 Å². The Balaban J connectivity index is 2.33.